The first-order chi connectivity index (χ1) is 9.29. The average Bonchev–Trinajstić information content (AvgIpc) is 2.76. The molecule has 2 N–H and O–H groups in total. The van der Waals surface area contributed by atoms with Crippen molar-refractivity contribution in [1.82, 2.24) is 10.5 Å². The smallest absolute Gasteiger partial charge is 0.224 e. The van der Waals surface area contributed by atoms with Crippen LogP contribution in [0, 0.1) is 5.41 Å². The molecule has 114 valence electrons. The van der Waals surface area contributed by atoms with Crippen LogP contribution < -0.4 is 5.32 Å². The van der Waals surface area contributed by atoms with Crippen molar-refractivity contribution in [1.29, 1.82) is 0 Å². The molecule has 5 nitrogen and oxygen atoms in total. The Balaban J connectivity index is 2.61. The van der Waals surface area contributed by atoms with E-state index in [1.54, 1.807) is 0 Å². The van der Waals surface area contributed by atoms with Crippen molar-refractivity contribution in [3.05, 3.63) is 17.0 Å². The third kappa shape index (κ3) is 4.34. The molecule has 20 heavy (non-hydrogen) atoms. The van der Waals surface area contributed by atoms with E-state index in [9.17, 15) is 9.90 Å². The molecule has 0 aliphatic rings. The normalized spacial score (nSPS) is 13.3. The molecule has 5 heteroatoms. The number of rotatable bonds is 6. The summed E-state index contributed by atoms with van der Waals surface area (Å²) in [6, 6.07) is 0. The maximum atomic E-state index is 12.0. The molecule has 0 saturated heterocycles. The van der Waals surface area contributed by atoms with Crippen LogP contribution in [-0.4, -0.2) is 28.8 Å². The lowest BCUT2D eigenvalue weighted by Crippen LogP contribution is -2.39. The SMILES string of the molecule is CCc1noc(CC)c1CC(=O)NCC(O)C(C)(C)C. The first-order valence-corrected chi connectivity index (χ1v) is 7.20. The van der Waals surface area contributed by atoms with Crippen LogP contribution >= 0.6 is 0 Å². The second-order valence-electron chi connectivity index (χ2n) is 6.10. The van der Waals surface area contributed by atoms with E-state index in [1.165, 1.54) is 0 Å². The van der Waals surface area contributed by atoms with E-state index in [4.69, 9.17) is 4.52 Å². The fraction of sp³-hybridized carbons (Fsp3) is 0.733. The van der Waals surface area contributed by atoms with Gasteiger partial charge in [-0.15, -0.1) is 0 Å². The molecule has 0 radical (unpaired) electrons. The fourth-order valence-corrected chi connectivity index (χ4v) is 1.88. The minimum Gasteiger partial charge on any atom is -0.391 e. The minimum atomic E-state index is -0.565. The van der Waals surface area contributed by atoms with Gasteiger partial charge >= 0.3 is 0 Å². The van der Waals surface area contributed by atoms with Gasteiger partial charge in [-0.05, 0) is 11.8 Å². The summed E-state index contributed by atoms with van der Waals surface area (Å²) < 4.78 is 5.24. The van der Waals surface area contributed by atoms with Crippen LogP contribution in [0.5, 0.6) is 0 Å². The third-order valence-corrected chi connectivity index (χ3v) is 3.44. The molecule has 0 aliphatic heterocycles. The number of carbonyl (C=O) groups is 1. The van der Waals surface area contributed by atoms with Gasteiger partial charge in [0.05, 0.1) is 18.2 Å². The number of aromatic nitrogens is 1. The molecule has 1 rings (SSSR count). The first kappa shape index (κ1) is 16.7. The molecule has 1 unspecified atom stereocenters. The molecule has 1 heterocycles. The van der Waals surface area contributed by atoms with Crippen molar-refractivity contribution in [2.24, 2.45) is 5.41 Å². The number of nitrogens with one attached hydrogen (secondary N) is 1. The molecule has 0 fully saturated rings. The zero-order chi connectivity index (χ0) is 15.3. The summed E-state index contributed by atoms with van der Waals surface area (Å²) >= 11 is 0. The van der Waals surface area contributed by atoms with Gasteiger partial charge in [0.1, 0.15) is 5.76 Å². The Morgan fingerprint density at radius 1 is 1.35 bits per heavy atom. The Labute approximate surface area is 120 Å². The number of hydrogen-bond acceptors (Lipinski definition) is 4. The molecule has 0 bridgehead atoms. The number of aryl methyl sites for hydroxylation is 2. The molecule has 0 saturated carbocycles. The van der Waals surface area contributed by atoms with Crippen molar-refractivity contribution in [2.75, 3.05) is 6.54 Å². The summed E-state index contributed by atoms with van der Waals surface area (Å²) in [5.41, 5.74) is 1.49. The highest BCUT2D eigenvalue weighted by molar-refractivity contribution is 5.79. The van der Waals surface area contributed by atoms with Gasteiger partial charge < -0.3 is 14.9 Å². The van der Waals surface area contributed by atoms with Crippen molar-refractivity contribution in [3.63, 3.8) is 0 Å². The van der Waals surface area contributed by atoms with Crippen molar-refractivity contribution >= 4 is 5.91 Å². The van der Waals surface area contributed by atoms with E-state index in [0.717, 1.165) is 29.9 Å². The van der Waals surface area contributed by atoms with Crippen LogP contribution in [0.2, 0.25) is 0 Å². The summed E-state index contributed by atoms with van der Waals surface area (Å²) in [6.45, 7) is 10.0. The predicted molar refractivity (Wildman–Crippen MR) is 77.4 cm³/mol. The minimum absolute atomic E-state index is 0.110. The van der Waals surface area contributed by atoms with Crippen molar-refractivity contribution in [3.8, 4) is 0 Å². The fourth-order valence-electron chi connectivity index (χ4n) is 1.88. The third-order valence-electron chi connectivity index (χ3n) is 3.44. The Hall–Kier alpha value is -1.36. The lowest BCUT2D eigenvalue weighted by molar-refractivity contribution is -0.121. The highest BCUT2D eigenvalue weighted by Crippen LogP contribution is 2.19. The van der Waals surface area contributed by atoms with Gasteiger partial charge in [-0.25, -0.2) is 0 Å². The van der Waals surface area contributed by atoms with Gasteiger partial charge in [0, 0.05) is 18.5 Å². The number of aliphatic hydroxyl groups excluding tert-OH is 1. The van der Waals surface area contributed by atoms with Gasteiger partial charge in [0.25, 0.3) is 0 Å². The quantitative estimate of drug-likeness (QED) is 0.835. The Kier molecular flexibility index (Phi) is 5.74. The highest BCUT2D eigenvalue weighted by Gasteiger charge is 2.23. The van der Waals surface area contributed by atoms with E-state index < -0.39 is 6.10 Å². The van der Waals surface area contributed by atoms with E-state index in [2.05, 4.69) is 10.5 Å². The number of hydrogen-bond donors (Lipinski definition) is 2. The molecule has 1 amide bonds. The van der Waals surface area contributed by atoms with Crippen LogP contribution in [-0.2, 0) is 24.1 Å². The van der Waals surface area contributed by atoms with Gasteiger partial charge in [-0.1, -0.05) is 39.8 Å². The summed E-state index contributed by atoms with van der Waals surface area (Å²) in [7, 11) is 0. The summed E-state index contributed by atoms with van der Waals surface area (Å²) in [6.07, 6.45) is 1.16. The highest BCUT2D eigenvalue weighted by atomic mass is 16.5. The molecule has 0 aromatic carbocycles. The number of carbonyl (C=O) groups excluding carboxylic acids is 1. The van der Waals surface area contributed by atoms with E-state index in [1.807, 2.05) is 34.6 Å². The number of amides is 1. The number of nitrogens with zero attached hydrogens (tertiary/aromatic N) is 1. The Morgan fingerprint density at radius 3 is 2.50 bits per heavy atom. The monoisotopic (exact) mass is 282 g/mol. The van der Waals surface area contributed by atoms with E-state index in [-0.39, 0.29) is 24.3 Å². The Morgan fingerprint density at radius 2 is 2.00 bits per heavy atom. The molecule has 1 atom stereocenters. The molecule has 0 aliphatic carbocycles. The first-order valence-electron chi connectivity index (χ1n) is 7.20. The second kappa shape index (κ2) is 6.88. The van der Waals surface area contributed by atoms with Gasteiger partial charge in [0.2, 0.25) is 5.91 Å². The summed E-state index contributed by atoms with van der Waals surface area (Å²) in [5.74, 6) is 0.661. The summed E-state index contributed by atoms with van der Waals surface area (Å²) in [4.78, 5) is 12.0. The van der Waals surface area contributed by atoms with E-state index >= 15 is 0 Å². The number of aliphatic hydroxyl groups is 1. The van der Waals surface area contributed by atoms with Gasteiger partial charge in [-0.2, -0.15) is 0 Å². The lowest BCUT2D eigenvalue weighted by atomic mass is 9.89. The maximum Gasteiger partial charge on any atom is 0.224 e. The van der Waals surface area contributed by atoms with Crippen molar-refractivity contribution < 1.29 is 14.4 Å². The van der Waals surface area contributed by atoms with Crippen LogP contribution in [0.1, 0.15) is 51.6 Å². The second-order valence-corrected chi connectivity index (χ2v) is 6.10. The average molecular weight is 282 g/mol. The van der Waals surface area contributed by atoms with Crippen molar-refractivity contribution in [2.45, 2.75) is 60.0 Å². The van der Waals surface area contributed by atoms with Crippen LogP contribution in [0.4, 0.5) is 0 Å². The standard InChI is InChI=1S/C15H26N2O3/c1-6-11-10(12(7-2)20-17-11)8-14(19)16-9-13(18)15(3,4)5/h13,18H,6-9H2,1-5H3,(H,16,19). The van der Waals surface area contributed by atoms with E-state index in [0.29, 0.717) is 0 Å². The lowest BCUT2D eigenvalue weighted by Gasteiger charge is -2.25. The summed E-state index contributed by atoms with van der Waals surface area (Å²) in [5, 5.41) is 16.7. The zero-order valence-electron chi connectivity index (χ0n) is 13.1. The van der Waals surface area contributed by atoms with Gasteiger partial charge in [0.15, 0.2) is 0 Å². The molecular weight excluding hydrogens is 256 g/mol. The maximum absolute atomic E-state index is 12.0. The molecular formula is C15H26N2O3. The molecule has 1 aromatic rings. The largest absolute Gasteiger partial charge is 0.391 e. The zero-order valence-corrected chi connectivity index (χ0v) is 13.1. The predicted octanol–water partition coefficient (Wildman–Crippen LogP) is 1.87. The van der Waals surface area contributed by atoms with Crippen LogP contribution in [0.25, 0.3) is 0 Å². The topological polar surface area (TPSA) is 75.4 Å². The Bertz CT molecular complexity index is 425. The molecule has 0 spiro atoms. The van der Waals surface area contributed by atoms with Crippen LogP contribution in [0.3, 0.4) is 0 Å². The van der Waals surface area contributed by atoms with Gasteiger partial charge in [-0.3, -0.25) is 4.79 Å². The van der Waals surface area contributed by atoms with Crippen LogP contribution in [0.15, 0.2) is 4.52 Å². The molecule has 1 aromatic heterocycles.